The highest BCUT2D eigenvalue weighted by Crippen LogP contribution is 2.50. The topological polar surface area (TPSA) is 143 Å². The highest BCUT2D eigenvalue weighted by molar-refractivity contribution is 5.96. The van der Waals surface area contributed by atoms with Gasteiger partial charge in [0.15, 0.2) is 5.83 Å². The van der Waals surface area contributed by atoms with E-state index in [4.69, 9.17) is 0 Å². The summed E-state index contributed by atoms with van der Waals surface area (Å²) in [6, 6.07) is 18.0. The van der Waals surface area contributed by atoms with E-state index in [2.05, 4.69) is 13.2 Å². The number of allylic oxidation sites excluding steroid dienone is 18. The van der Waals surface area contributed by atoms with E-state index in [0.717, 1.165) is 12.2 Å². The van der Waals surface area contributed by atoms with Gasteiger partial charge in [0.25, 0.3) is 0 Å². The van der Waals surface area contributed by atoms with Crippen LogP contribution in [-0.2, 0) is 0 Å². The van der Waals surface area contributed by atoms with Gasteiger partial charge in [0, 0.05) is 22.3 Å². The van der Waals surface area contributed by atoms with Gasteiger partial charge in [-0.25, -0.2) is 8.78 Å². The smallest absolute Gasteiger partial charge is 0.151 e. The molecule has 1 aromatic rings. The third kappa shape index (κ3) is 4.85. The van der Waals surface area contributed by atoms with E-state index >= 15 is 8.78 Å². The molecule has 0 radical (unpaired) electrons. The van der Waals surface area contributed by atoms with Crippen molar-refractivity contribution in [1.82, 2.24) is 0 Å². The van der Waals surface area contributed by atoms with Crippen LogP contribution in [0, 0.1) is 68.0 Å². The molecule has 0 aromatic heterocycles. The summed E-state index contributed by atoms with van der Waals surface area (Å²) < 4.78 is 32.1. The fourth-order valence-corrected chi connectivity index (χ4v) is 4.10. The number of rotatable bonds is 4. The molecule has 0 aliphatic heterocycles. The van der Waals surface area contributed by atoms with Crippen LogP contribution in [0.3, 0.4) is 0 Å². The molecule has 6 nitrogen and oxygen atoms in total. The van der Waals surface area contributed by atoms with Gasteiger partial charge in [-0.2, -0.15) is 31.6 Å². The molecule has 40 heavy (non-hydrogen) atoms. The summed E-state index contributed by atoms with van der Waals surface area (Å²) in [4.78, 5) is 0. The maximum atomic E-state index is 16.0. The van der Waals surface area contributed by atoms with Gasteiger partial charge in [-0.05, 0) is 34.4 Å². The molecule has 1 aromatic carbocycles. The largest absolute Gasteiger partial charge is 0.205 e. The molecule has 0 N–H and O–H groups in total. The Kier molecular flexibility index (Phi) is 8.47. The number of nitrogens with zero attached hydrogens (tertiary/aromatic N) is 6. The molecule has 0 atom stereocenters. The van der Waals surface area contributed by atoms with Crippen LogP contribution in [-0.4, -0.2) is 0 Å². The van der Waals surface area contributed by atoms with Gasteiger partial charge < -0.3 is 0 Å². The van der Waals surface area contributed by atoms with Crippen molar-refractivity contribution >= 4 is 5.57 Å². The first-order chi connectivity index (χ1) is 19.3. The van der Waals surface area contributed by atoms with Gasteiger partial charge in [-0.15, -0.1) is 0 Å². The first-order valence-electron chi connectivity index (χ1n) is 11.3. The Hall–Kier alpha value is -6.58. The number of nitriles is 6. The van der Waals surface area contributed by atoms with Crippen molar-refractivity contribution in [3.8, 4) is 36.4 Å². The standard InChI is InChI=1S/C32H14F2N6/c1-3-4-8-19(2)24-11-21(13-35)31(33)26(22(14-36)15-37)12-25(20-9-6-5-7-10-20)29-27(18-40)32(34)28(30(24)29)23(16-38)17-39/h3-12H,1-2H2/b8-4-,24-11+,25-12+,31-21-. The lowest BCUT2D eigenvalue weighted by Gasteiger charge is -2.17. The van der Waals surface area contributed by atoms with Crippen LogP contribution < -0.4 is 0 Å². The summed E-state index contributed by atoms with van der Waals surface area (Å²) in [5, 5.41) is 58.6. The van der Waals surface area contributed by atoms with E-state index in [1.54, 1.807) is 66.7 Å². The second-order valence-corrected chi connectivity index (χ2v) is 7.98. The third-order valence-electron chi connectivity index (χ3n) is 5.84. The van der Waals surface area contributed by atoms with E-state index in [1.807, 2.05) is 0 Å². The zero-order chi connectivity index (χ0) is 29.4. The van der Waals surface area contributed by atoms with E-state index in [-0.39, 0.29) is 27.9 Å². The third-order valence-corrected chi connectivity index (χ3v) is 5.84. The van der Waals surface area contributed by atoms with Gasteiger partial charge in [-0.1, -0.05) is 61.7 Å². The summed E-state index contributed by atoms with van der Waals surface area (Å²) in [7, 11) is 0. The molecule has 2 aliphatic carbocycles. The summed E-state index contributed by atoms with van der Waals surface area (Å²) in [5.41, 5.74) is -3.71. The second-order valence-electron chi connectivity index (χ2n) is 7.98. The molecule has 2 aliphatic rings. The lowest BCUT2D eigenvalue weighted by Crippen LogP contribution is -2.02. The molecule has 0 saturated carbocycles. The van der Waals surface area contributed by atoms with Gasteiger partial charge in [0.05, 0.1) is 11.1 Å². The molecule has 186 valence electrons. The Morgan fingerprint density at radius 1 is 0.775 bits per heavy atom. The van der Waals surface area contributed by atoms with Crippen molar-refractivity contribution in [2.24, 2.45) is 0 Å². The fraction of sp³-hybridized carbons (Fsp3) is 0. The minimum Gasteiger partial charge on any atom is -0.205 e. The molecule has 0 heterocycles. The summed E-state index contributed by atoms with van der Waals surface area (Å²) in [6.45, 7) is 7.52. The molecular weight excluding hydrogens is 506 g/mol. The highest BCUT2D eigenvalue weighted by Gasteiger charge is 2.38. The summed E-state index contributed by atoms with van der Waals surface area (Å²) in [5.74, 6) is -2.42. The molecule has 0 spiro atoms. The van der Waals surface area contributed by atoms with Crippen molar-refractivity contribution in [1.29, 1.82) is 31.6 Å². The number of halogens is 2. The molecule has 0 saturated heterocycles. The second kappa shape index (κ2) is 12.1. The average molecular weight is 521 g/mol. The lowest BCUT2D eigenvalue weighted by atomic mass is 9.84. The maximum absolute atomic E-state index is 16.0. The van der Waals surface area contributed by atoms with Crippen molar-refractivity contribution in [2.45, 2.75) is 0 Å². The predicted octanol–water partition coefficient (Wildman–Crippen LogP) is 6.80. The number of benzene rings is 1. The lowest BCUT2D eigenvalue weighted by molar-refractivity contribution is 0.651. The monoisotopic (exact) mass is 520 g/mol. The Labute approximate surface area is 229 Å². The fourth-order valence-electron chi connectivity index (χ4n) is 4.10. The van der Waals surface area contributed by atoms with Crippen LogP contribution in [0.1, 0.15) is 5.56 Å². The van der Waals surface area contributed by atoms with Crippen molar-refractivity contribution in [2.75, 3.05) is 0 Å². The Morgan fingerprint density at radius 2 is 1.40 bits per heavy atom. The molecule has 0 unspecified atom stereocenters. The van der Waals surface area contributed by atoms with Crippen LogP contribution in [0.25, 0.3) is 5.57 Å². The van der Waals surface area contributed by atoms with E-state index in [9.17, 15) is 31.6 Å². The van der Waals surface area contributed by atoms with Crippen molar-refractivity contribution in [3.05, 3.63) is 147 Å². The normalized spacial score (nSPS) is 19.0. The quantitative estimate of drug-likeness (QED) is 0.315. The van der Waals surface area contributed by atoms with E-state index in [1.165, 1.54) is 18.2 Å². The van der Waals surface area contributed by atoms with Crippen molar-refractivity contribution < 1.29 is 8.78 Å². The highest BCUT2D eigenvalue weighted by atomic mass is 19.1. The Bertz CT molecular complexity index is 1850. The SMILES string of the molecule is C=C/C=C\C(=C)/C1=C\C(C#N)=C(\F)C(=C(C#N)C#N)/C=C(\c2ccccc2)C2=C1C(=C(C#N)C#N)C(F)=C2C#N. The number of hydrogen-bond donors (Lipinski definition) is 0. The molecule has 0 bridgehead atoms. The van der Waals surface area contributed by atoms with Crippen LogP contribution in [0.4, 0.5) is 8.78 Å². The maximum Gasteiger partial charge on any atom is 0.151 e. The summed E-state index contributed by atoms with van der Waals surface area (Å²) in [6.07, 6.45) is 6.37. The first kappa shape index (κ1) is 28.0. The Morgan fingerprint density at radius 3 is 1.93 bits per heavy atom. The summed E-state index contributed by atoms with van der Waals surface area (Å²) >= 11 is 0. The predicted molar refractivity (Wildman–Crippen MR) is 142 cm³/mol. The van der Waals surface area contributed by atoms with Crippen molar-refractivity contribution in [3.63, 3.8) is 0 Å². The first-order valence-corrected chi connectivity index (χ1v) is 11.3. The minimum absolute atomic E-state index is 0.00808. The number of hydrogen-bond acceptors (Lipinski definition) is 6. The van der Waals surface area contributed by atoms with Gasteiger partial charge in [0.1, 0.15) is 53.4 Å². The van der Waals surface area contributed by atoms with Crippen LogP contribution in [0.2, 0.25) is 0 Å². The zero-order valence-electron chi connectivity index (χ0n) is 20.6. The van der Waals surface area contributed by atoms with Crippen LogP contribution in [0.15, 0.2) is 141 Å². The molecule has 0 amide bonds. The minimum atomic E-state index is -1.23. The van der Waals surface area contributed by atoms with Crippen LogP contribution >= 0.6 is 0 Å². The Balaban J connectivity index is 2.82. The molecule has 3 rings (SSSR count). The zero-order valence-corrected chi connectivity index (χ0v) is 20.6. The van der Waals surface area contributed by atoms with Gasteiger partial charge in [0.2, 0.25) is 0 Å². The van der Waals surface area contributed by atoms with E-state index in [0.29, 0.717) is 5.56 Å². The molecular formula is C32H14F2N6. The van der Waals surface area contributed by atoms with Crippen LogP contribution in [0.5, 0.6) is 0 Å². The van der Waals surface area contributed by atoms with Gasteiger partial charge >= 0.3 is 0 Å². The molecule has 8 heteroatoms. The van der Waals surface area contributed by atoms with Gasteiger partial charge in [-0.3, -0.25) is 0 Å². The molecule has 0 fully saturated rings. The van der Waals surface area contributed by atoms with E-state index < -0.39 is 45.1 Å². The average Bonchev–Trinajstić information content (AvgIpc) is 3.28.